The molecule has 4 rings (SSSR count). The van der Waals surface area contributed by atoms with Gasteiger partial charge in [-0.1, -0.05) is 12.1 Å². The van der Waals surface area contributed by atoms with Crippen LogP contribution in [0.4, 0.5) is 11.4 Å². The van der Waals surface area contributed by atoms with Gasteiger partial charge in [-0.3, -0.25) is 14.9 Å². The Labute approximate surface area is 161 Å². The zero-order valence-electron chi connectivity index (χ0n) is 15.5. The molecule has 1 heterocycles. The van der Waals surface area contributed by atoms with Crippen molar-refractivity contribution in [1.82, 2.24) is 14.9 Å². The van der Waals surface area contributed by atoms with Crippen LogP contribution in [0.25, 0.3) is 11.0 Å². The number of carbonyl (C=O) groups excluding carboxylic acids is 1. The molecule has 1 amide bonds. The number of nitro benzene ring substituents is 1. The summed E-state index contributed by atoms with van der Waals surface area (Å²) < 4.78 is 2.04. The molecule has 0 saturated heterocycles. The van der Waals surface area contributed by atoms with Crippen molar-refractivity contribution in [3.8, 4) is 0 Å². The Balaban J connectivity index is 1.44. The van der Waals surface area contributed by atoms with E-state index in [1.807, 2.05) is 35.8 Å². The van der Waals surface area contributed by atoms with Crippen molar-refractivity contribution < 1.29 is 9.72 Å². The standard InChI is InChI=1S/C20H21N5O3/c1-13-22-16-4-2-3-5-18(16)24(13)11-10-21-20(26)14-6-9-17(23-15-7-8-15)19(12-14)25(27)28/h2-6,9,12,15,23H,7-8,10-11H2,1H3,(H,21,26). The van der Waals surface area contributed by atoms with Crippen molar-refractivity contribution in [3.63, 3.8) is 0 Å². The summed E-state index contributed by atoms with van der Waals surface area (Å²) in [5.41, 5.74) is 2.60. The summed E-state index contributed by atoms with van der Waals surface area (Å²) in [6, 6.07) is 12.7. The fraction of sp³-hybridized carbons (Fsp3) is 0.300. The SMILES string of the molecule is Cc1nc2ccccc2n1CCNC(=O)c1ccc(NC2CC2)c([N+](=O)[O-])c1. The van der Waals surface area contributed by atoms with E-state index in [4.69, 9.17) is 0 Å². The molecule has 2 N–H and O–H groups in total. The summed E-state index contributed by atoms with van der Waals surface area (Å²) in [4.78, 5) is 27.9. The number of fused-ring (bicyclic) bond motifs is 1. The van der Waals surface area contributed by atoms with Gasteiger partial charge in [-0.2, -0.15) is 0 Å². The second-order valence-corrected chi connectivity index (χ2v) is 6.96. The van der Waals surface area contributed by atoms with E-state index in [1.165, 1.54) is 6.07 Å². The van der Waals surface area contributed by atoms with Crippen LogP contribution in [0, 0.1) is 17.0 Å². The summed E-state index contributed by atoms with van der Waals surface area (Å²) in [5, 5.41) is 17.3. The topological polar surface area (TPSA) is 102 Å². The van der Waals surface area contributed by atoms with E-state index < -0.39 is 4.92 Å². The smallest absolute Gasteiger partial charge is 0.293 e. The van der Waals surface area contributed by atoms with Gasteiger partial charge in [-0.05, 0) is 44.0 Å². The number of aromatic nitrogens is 2. The minimum atomic E-state index is -0.456. The normalized spacial score (nSPS) is 13.5. The van der Waals surface area contributed by atoms with Gasteiger partial charge >= 0.3 is 0 Å². The number of hydrogen-bond acceptors (Lipinski definition) is 5. The number of imidazole rings is 1. The van der Waals surface area contributed by atoms with Gasteiger partial charge in [0.2, 0.25) is 0 Å². The van der Waals surface area contributed by atoms with Crippen molar-refractivity contribution in [3.05, 3.63) is 64.0 Å². The van der Waals surface area contributed by atoms with E-state index in [1.54, 1.807) is 12.1 Å². The lowest BCUT2D eigenvalue weighted by Gasteiger charge is -2.10. The van der Waals surface area contributed by atoms with Gasteiger partial charge in [-0.25, -0.2) is 4.98 Å². The average Bonchev–Trinajstić information content (AvgIpc) is 3.44. The first kappa shape index (κ1) is 18.0. The Morgan fingerprint density at radius 3 is 2.82 bits per heavy atom. The van der Waals surface area contributed by atoms with Crippen molar-refractivity contribution in [2.45, 2.75) is 32.4 Å². The van der Waals surface area contributed by atoms with E-state index in [2.05, 4.69) is 15.6 Å². The van der Waals surface area contributed by atoms with Crippen LogP contribution in [0.1, 0.15) is 29.0 Å². The third-order valence-electron chi connectivity index (χ3n) is 4.86. The lowest BCUT2D eigenvalue weighted by molar-refractivity contribution is -0.384. The fourth-order valence-corrected chi connectivity index (χ4v) is 3.26. The third-order valence-corrected chi connectivity index (χ3v) is 4.86. The van der Waals surface area contributed by atoms with Gasteiger partial charge in [0, 0.05) is 30.8 Å². The minimum Gasteiger partial charge on any atom is -0.377 e. The van der Waals surface area contributed by atoms with Crippen LogP contribution >= 0.6 is 0 Å². The summed E-state index contributed by atoms with van der Waals surface area (Å²) in [7, 11) is 0. The molecular formula is C20H21N5O3. The molecule has 0 bridgehead atoms. The molecule has 0 spiro atoms. The molecule has 0 radical (unpaired) electrons. The molecule has 8 nitrogen and oxygen atoms in total. The highest BCUT2D eigenvalue weighted by Gasteiger charge is 2.25. The van der Waals surface area contributed by atoms with Gasteiger partial charge in [0.25, 0.3) is 11.6 Å². The summed E-state index contributed by atoms with van der Waals surface area (Å²) in [5.74, 6) is 0.546. The Hall–Kier alpha value is -3.42. The number of aryl methyl sites for hydroxylation is 1. The predicted octanol–water partition coefficient (Wildman–Crippen LogP) is 3.26. The molecule has 0 atom stereocenters. The number of nitrogens with one attached hydrogen (secondary N) is 2. The van der Waals surface area contributed by atoms with Crippen LogP contribution in [0.5, 0.6) is 0 Å². The first-order valence-electron chi connectivity index (χ1n) is 9.28. The van der Waals surface area contributed by atoms with Crippen LogP contribution in [-0.4, -0.2) is 33.0 Å². The maximum atomic E-state index is 12.5. The maximum absolute atomic E-state index is 12.5. The number of nitrogens with zero attached hydrogens (tertiary/aromatic N) is 3. The Morgan fingerprint density at radius 1 is 1.29 bits per heavy atom. The van der Waals surface area contributed by atoms with Crippen LogP contribution in [0.2, 0.25) is 0 Å². The van der Waals surface area contributed by atoms with E-state index in [0.717, 1.165) is 29.7 Å². The molecule has 0 aliphatic heterocycles. The van der Waals surface area contributed by atoms with Gasteiger partial charge in [0.15, 0.2) is 0 Å². The lowest BCUT2D eigenvalue weighted by atomic mass is 10.1. The number of anilines is 1. The van der Waals surface area contributed by atoms with E-state index in [-0.39, 0.29) is 17.2 Å². The number of benzene rings is 2. The van der Waals surface area contributed by atoms with Gasteiger partial charge in [-0.15, -0.1) is 0 Å². The van der Waals surface area contributed by atoms with Gasteiger partial charge < -0.3 is 15.2 Å². The Morgan fingerprint density at radius 2 is 2.07 bits per heavy atom. The molecule has 1 aliphatic carbocycles. The lowest BCUT2D eigenvalue weighted by Crippen LogP contribution is -2.27. The molecule has 28 heavy (non-hydrogen) atoms. The summed E-state index contributed by atoms with van der Waals surface area (Å²) in [6.07, 6.45) is 2.03. The highest BCUT2D eigenvalue weighted by atomic mass is 16.6. The fourth-order valence-electron chi connectivity index (χ4n) is 3.26. The molecule has 1 fully saturated rings. The quantitative estimate of drug-likeness (QED) is 0.485. The first-order valence-corrected chi connectivity index (χ1v) is 9.28. The zero-order valence-corrected chi connectivity index (χ0v) is 15.5. The number of carbonyl (C=O) groups is 1. The molecule has 1 aromatic heterocycles. The number of nitro groups is 1. The van der Waals surface area contributed by atoms with Crippen molar-refractivity contribution in [2.75, 3.05) is 11.9 Å². The van der Waals surface area contributed by atoms with E-state index >= 15 is 0 Å². The zero-order chi connectivity index (χ0) is 19.7. The number of amides is 1. The molecule has 1 aliphatic rings. The number of para-hydroxylation sites is 2. The van der Waals surface area contributed by atoms with Crippen molar-refractivity contribution in [1.29, 1.82) is 0 Å². The summed E-state index contributed by atoms with van der Waals surface area (Å²) >= 11 is 0. The maximum Gasteiger partial charge on any atom is 0.293 e. The van der Waals surface area contributed by atoms with Crippen molar-refractivity contribution in [2.24, 2.45) is 0 Å². The molecule has 144 valence electrons. The largest absolute Gasteiger partial charge is 0.377 e. The number of rotatable bonds is 7. The summed E-state index contributed by atoms with van der Waals surface area (Å²) in [6.45, 7) is 2.90. The van der Waals surface area contributed by atoms with Crippen LogP contribution in [0.15, 0.2) is 42.5 Å². The molecule has 1 saturated carbocycles. The average molecular weight is 379 g/mol. The Bertz CT molecular complexity index is 1060. The molecule has 3 aromatic rings. The van der Waals surface area contributed by atoms with Gasteiger partial charge in [0.05, 0.1) is 16.0 Å². The highest BCUT2D eigenvalue weighted by Crippen LogP contribution is 2.31. The molecular weight excluding hydrogens is 358 g/mol. The molecule has 8 heteroatoms. The van der Waals surface area contributed by atoms with Crippen LogP contribution < -0.4 is 10.6 Å². The minimum absolute atomic E-state index is 0.0731. The molecule has 0 unspecified atom stereocenters. The van der Waals surface area contributed by atoms with Crippen LogP contribution in [0.3, 0.4) is 0 Å². The van der Waals surface area contributed by atoms with E-state index in [0.29, 0.717) is 24.8 Å². The number of hydrogen-bond donors (Lipinski definition) is 2. The van der Waals surface area contributed by atoms with E-state index in [9.17, 15) is 14.9 Å². The molecule has 2 aromatic carbocycles. The highest BCUT2D eigenvalue weighted by molar-refractivity contribution is 5.95. The monoisotopic (exact) mass is 379 g/mol. The van der Waals surface area contributed by atoms with Crippen LogP contribution in [-0.2, 0) is 6.54 Å². The third kappa shape index (κ3) is 3.66. The Kier molecular flexibility index (Phi) is 4.68. The first-order chi connectivity index (χ1) is 13.5. The van der Waals surface area contributed by atoms with Crippen molar-refractivity contribution >= 4 is 28.3 Å². The van der Waals surface area contributed by atoms with Gasteiger partial charge in [0.1, 0.15) is 11.5 Å². The second kappa shape index (κ2) is 7.30. The second-order valence-electron chi connectivity index (χ2n) is 6.96. The predicted molar refractivity (Wildman–Crippen MR) is 107 cm³/mol.